The van der Waals surface area contributed by atoms with Crippen LogP contribution in [0, 0.1) is 0 Å². The van der Waals surface area contributed by atoms with Crippen LogP contribution in [0.5, 0.6) is 0 Å². The second-order valence-corrected chi connectivity index (χ2v) is 4.67. The minimum atomic E-state index is -0.463. The summed E-state index contributed by atoms with van der Waals surface area (Å²) < 4.78 is 0. The average Bonchev–Trinajstić information content (AvgIpc) is 2.82. The summed E-state index contributed by atoms with van der Waals surface area (Å²) in [5, 5.41) is 0.422. The number of nitrogens with two attached hydrogens (primary N) is 1. The molecule has 3 rings (SSSR count). The predicted octanol–water partition coefficient (Wildman–Crippen LogP) is 2.51. The molecule has 2 aromatic rings. The molecule has 1 amide bonds. The van der Waals surface area contributed by atoms with Gasteiger partial charge in [0.2, 0.25) is 0 Å². The van der Waals surface area contributed by atoms with Crippen molar-refractivity contribution in [3.05, 3.63) is 58.4 Å². The quantitative estimate of drug-likeness (QED) is 0.853. The third-order valence-corrected chi connectivity index (χ3v) is 3.26. The van der Waals surface area contributed by atoms with Gasteiger partial charge in [-0.3, -0.25) is 9.79 Å². The third-order valence-electron chi connectivity index (χ3n) is 3.05. The molecule has 4 nitrogen and oxygen atoms in total. The summed E-state index contributed by atoms with van der Waals surface area (Å²) in [4.78, 5) is 19.8. The number of aromatic nitrogens is 1. The van der Waals surface area contributed by atoms with Crippen molar-refractivity contribution in [1.82, 2.24) is 4.98 Å². The normalized spacial score (nSPS) is 13.0. The molecule has 0 unspecified atom stereocenters. The standard InChI is InChI=1S/C14H10ClN3O/c15-12-7-8(4-5-17-12)11-6-9-2-1-3-10(14(16)19)13(9)18-11/h1-5,7H,6H2,(H2,16,19). The number of hydrogen-bond donors (Lipinski definition) is 1. The zero-order valence-corrected chi connectivity index (χ0v) is 10.7. The Morgan fingerprint density at radius 3 is 2.89 bits per heavy atom. The molecule has 19 heavy (non-hydrogen) atoms. The zero-order chi connectivity index (χ0) is 13.4. The number of pyridine rings is 1. The van der Waals surface area contributed by atoms with Gasteiger partial charge in [-0.05, 0) is 23.8 Å². The fourth-order valence-electron chi connectivity index (χ4n) is 2.17. The molecule has 1 aromatic carbocycles. The summed E-state index contributed by atoms with van der Waals surface area (Å²) in [6.07, 6.45) is 2.30. The van der Waals surface area contributed by atoms with E-state index in [1.165, 1.54) is 0 Å². The number of rotatable bonds is 2. The number of nitrogens with zero attached hydrogens (tertiary/aromatic N) is 2. The van der Waals surface area contributed by atoms with E-state index in [-0.39, 0.29) is 0 Å². The molecule has 0 saturated heterocycles. The lowest BCUT2D eigenvalue weighted by molar-refractivity contribution is 0.100. The van der Waals surface area contributed by atoms with Crippen LogP contribution in [0.1, 0.15) is 21.5 Å². The third kappa shape index (κ3) is 2.11. The summed E-state index contributed by atoms with van der Waals surface area (Å²) in [5.41, 5.74) is 9.25. The maximum atomic E-state index is 11.4. The van der Waals surface area contributed by atoms with Crippen LogP contribution >= 0.6 is 11.6 Å². The molecule has 0 atom stereocenters. The van der Waals surface area contributed by atoms with Crippen molar-refractivity contribution in [1.29, 1.82) is 0 Å². The van der Waals surface area contributed by atoms with Crippen LogP contribution in [0.15, 0.2) is 41.5 Å². The van der Waals surface area contributed by atoms with Crippen molar-refractivity contribution in [2.24, 2.45) is 10.7 Å². The number of benzene rings is 1. The smallest absolute Gasteiger partial charge is 0.250 e. The largest absolute Gasteiger partial charge is 0.366 e. The lowest BCUT2D eigenvalue weighted by Crippen LogP contribution is -2.11. The van der Waals surface area contributed by atoms with Gasteiger partial charge in [0, 0.05) is 18.2 Å². The summed E-state index contributed by atoms with van der Waals surface area (Å²) in [6.45, 7) is 0. The van der Waals surface area contributed by atoms with Crippen molar-refractivity contribution in [2.45, 2.75) is 6.42 Å². The van der Waals surface area contributed by atoms with E-state index in [0.29, 0.717) is 22.8 Å². The Bertz CT molecular complexity index is 710. The fraction of sp³-hybridized carbons (Fsp3) is 0.0714. The summed E-state index contributed by atoms with van der Waals surface area (Å²) in [5.74, 6) is -0.463. The second-order valence-electron chi connectivity index (χ2n) is 4.28. The van der Waals surface area contributed by atoms with Crippen LogP contribution < -0.4 is 5.73 Å². The molecular weight excluding hydrogens is 262 g/mol. The summed E-state index contributed by atoms with van der Waals surface area (Å²) in [7, 11) is 0. The molecule has 2 N–H and O–H groups in total. The second kappa shape index (κ2) is 4.48. The molecule has 0 radical (unpaired) electrons. The molecule has 94 valence electrons. The Kier molecular flexibility index (Phi) is 2.80. The van der Waals surface area contributed by atoms with E-state index in [1.807, 2.05) is 18.2 Å². The number of fused-ring (bicyclic) bond motifs is 1. The molecule has 1 aliphatic heterocycles. The van der Waals surface area contributed by atoms with Crippen molar-refractivity contribution < 1.29 is 4.79 Å². The minimum absolute atomic E-state index is 0.422. The fourth-order valence-corrected chi connectivity index (χ4v) is 2.34. The van der Waals surface area contributed by atoms with Gasteiger partial charge in [0.1, 0.15) is 5.15 Å². The maximum Gasteiger partial charge on any atom is 0.250 e. The lowest BCUT2D eigenvalue weighted by Gasteiger charge is -2.00. The number of para-hydroxylation sites is 1. The van der Waals surface area contributed by atoms with E-state index >= 15 is 0 Å². The van der Waals surface area contributed by atoms with Gasteiger partial charge >= 0.3 is 0 Å². The van der Waals surface area contributed by atoms with Gasteiger partial charge in [0.25, 0.3) is 5.91 Å². The van der Waals surface area contributed by atoms with Crippen molar-refractivity contribution in [3.63, 3.8) is 0 Å². The number of halogens is 1. The number of aliphatic imine (C=N–C) groups is 1. The first-order valence-electron chi connectivity index (χ1n) is 5.76. The van der Waals surface area contributed by atoms with E-state index in [2.05, 4.69) is 9.98 Å². The van der Waals surface area contributed by atoms with Gasteiger partial charge < -0.3 is 5.73 Å². The van der Waals surface area contributed by atoms with E-state index < -0.39 is 5.91 Å². The SMILES string of the molecule is NC(=O)c1cccc2c1N=C(c1ccnc(Cl)c1)C2. The Hall–Kier alpha value is -2.20. The van der Waals surface area contributed by atoms with Gasteiger partial charge in [-0.15, -0.1) is 0 Å². The number of carbonyl (C=O) groups is 1. The van der Waals surface area contributed by atoms with Crippen LogP contribution in [0.4, 0.5) is 5.69 Å². The van der Waals surface area contributed by atoms with E-state index in [9.17, 15) is 4.79 Å². The van der Waals surface area contributed by atoms with Crippen LogP contribution in [0.3, 0.4) is 0 Å². The van der Waals surface area contributed by atoms with Crippen LogP contribution in [0.2, 0.25) is 5.15 Å². The number of hydrogen-bond acceptors (Lipinski definition) is 3. The van der Waals surface area contributed by atoms with Crippen LogP contribution in [0.25, 0.3) is 0 Å². The molecule has 1 aliphatic rings. The highest BCUT2D eigenvalue weighted by Gasteiger charge is 2.20. The molecule has 0 fully saturated rings. The first kappa shape index (κ1) is 11.9. The highest BCUT2D eigenvalue weighted by atomic mass is 35.5. The first-order valence-corrected chi connectivity index (χ1v) is 6.14. The van der Waals surface area contributed by atoms with Gasteiger partial charge in [-0.1, -0.05) is 23.7 Å². The Balaban J connectivity index is 2.08. The van der Waals surface area contributed by atoms with Crippen LogP contribution in [-0.4, -0.2) is 16.6 Å². The number of primary amides is 1. The van der Waals surface area contributed by atoms with Gasteiger partial charge in [-0.25, -0.2) is 4.98 Å². The van der Waals surface area contributed by atoms with Crippen molar-refractivity contribution in [2.75, 3.05) is 0 Å². The van der Waals surface area contributed by atoms with E-state index in [0.717, 1.165) is 16.8 Å². The minimum Gasteiger partial charge on any atom is -0.366 e. The molecular formula is C14H10ClN3O. The van der Waals surface area contributed by atoms with E-state index in [1.54, 1.807) is 18.3 Å². The number of carbonyl (C=O) groups excluding carboxylic acids is 1. The van der Waals surface area contributed by atoms with Crippen LogP contribution in [-0.2, 0) is 6.42 Å². The maximum absolute atomic E-state index is 11.4. The van der Waals surface area contributed by atoms with Gasteiger partial charge in [0.05, 0.1) is 17.0 Å². The molecule has 5 heteroatoms. The molecule has 0 spiro atoms. The molecule has 1 aromatic heterocycles. The number of amides is 1. The first-order chi connectivity index (χ1) is 9.15. The molecule has 0 aliphatic carbocycles. The highest BCUT2D eigenvalue weighted by Crippen LogP contribution is 2.32. The monoisotopic (exact) mass is 271 g/mol. The average molecular weight is 272 g/mol. The predicted molar refractivity (Wildman–Crippen MR) is 74.1 cm³/mol. The molecule has 2 heterocycles. The molecule has 0 bridgehead atoms. The molecule has 0 saturated carbocycles. The van der Waals surface area contributed by atoms with Crippen molar-refractivity contribution in [3.8, 4) is 0 Å². The Morgan fingerprint density at radius 1 is 1.32 bits per heavy atom. The highest BCUT2D eigenvalue weighted by molar-refractivity contribution is 6.29. The van der Waals surface area contributed by atoms with E-state index in [4.69, 9.17) is 17.3 Å². The summed E-state index contributed by atoms with van der Waals surface area (Å²) in [6, 6.07) is 9.06. The van der Waals surface area contributed by atoms with Gasteiger partial charge in [-0.2, -0.15) is 0 Å². The Morgan fingerprint density at radius 2 is 2.16 bits per heavy atom. The Labute approximate surface area is 114 Å². The van der Waals surface area contributed by atoms with Gasteiger partial charge in [0.15, 0.2) is 0 Å². The topological polar surface area (TPSA) is 68.3 Å². The lowest BCUT2D eigenvalue weighted by atomic mass is 10.0. The zero-order valence-electron chi connectivity index (χ0n) is 9.93. The summed E-state index contributed by atoms with van der Waals surface area (Å²) >= 11 is 5.88. The van der Waals surface area contributed by atoms with Crippen molar-refractivity contribution >= 4 is 28.9 Å².